The smallest absolute Gasteiger partial charge is 0.392 e. The Morgan fingerprint density at radius 3 is 1.82 bits per heavy atom. The first-order chi connectivity index (χ1) is 34.5. The molecule has 1 unspecified atom stereocenters. The first-order valence-electron chi connectivity index (χ1n) is 26.6. The first kappa shape index (κ1) is 44.9. The van der Waals surface area contributed by atoms with Crippen LogP contribution in [0.4, 0.5) is 0 Å². The van der Waals surface area contributed by atoms with Crippen molar-refractivity contribution in [1.29, 1.82) is 0 Å². The van der Waals surface area contributed by atoms with Crippen LogP contribution in [0.5, 0.6) is 5.75 Å². The fraction of sp³-hybridized carbons (Fsp3) is 0.294. The van der Waals surface area contributed by atoms with E-state index in [0.29, 0.717) is 5.92 Å². The van der Waals surface area contributed by atoms with Gasteiger partial charge < -0.3 is 4.74 Å². The molecular formula is C68H69N3O+2. The Morgan fingerprint density at radius 2 is 1.17 bits per heavy atom. The molecule has 4 heteroatoms. The molecule has 72 heavy (non-hydrogen) atoms. The predicted molar refractivity (Wildman–Crippen MR) is 298 cm³/mol. The summed E-state index contributed by atoms with van der Waals surface area (Å²) in [5, 5.41) is 0. The Kier molecular flexibility index (Phi) is 9.80. The molecule has 4 nitrogen and oxygen atoms in total. The molecule has 0 amide bonds. The number of fused-ring (bicyclic) bond motifs is 5. The topological polar surface area (TPSA) is 21.9 Å². The molecule has 5 heterocycles. The Morgan fingerprint density at radius 1 is 0.556 bits per heavy atom. The lowest BCUT2D eigenvalue weighted by molar-refractivity contribution is -0.997. The number of ether oxygens (including phenoxy) is 1. The van der Waals surface area contributed by atoms with E-state index < -0.39 is 11.7 Å². The molecule has 0 aliphatic carbocycles. The monoisotopic (exact) mass is 945 g/mol. The number of nitrogens with zero attached hydrogens (tertiary/aromatic N) is 3. The molecule has 1 spiro atoms. The zero-order valence-electron chi connectivity index (χ0n) is 45.8. The van der Waals surface area contributed by atoms with E-state index in [1.807, 2.05) is 13.8 Å². The third-order valence-electron chi connectivity index (χ3n) is 15.9. The van der Waals surface area contributed by atoms with Gasteiger partial charge in [0.15, 0.2) is 23.0 Å². The zero-order valence-corrected chi connectivity index (χ0v) is 44.8. The summed E-state index contributed by atoms with van der Waals surface area (Å²) in [6, 6.07) is 54.6. The molecule has 2 aromatic heterocycles. The lowest BCUT2D eigenvalue weighted by Crippen LogP contribution is -2.78. The quantitative estimate of drug-likeness (QED) is 0.152. The Bertz CT molecular complexity index is 3770. The van der Waals surface area contributed by atoms with Crippen LogP contribution in [0.3, 0.4) is 0 Å². The van der Waals surface area contributed by atoms with Crippen molar-refractivity contribution in [3.8, 4) is 78.6 Å². The van der Waals surface area contributed by atoms with Crippen molar-refractivity contribution < 1.29 is 15.2 Å². The van der Waals surface area contributed by atoms with Crippen molar-refractivity contribution >= 4 is 11.0 Å². The molecule has 3 aliphatic rings. The van der Waals surface area contributed by atoms with Gasteiger partial charge in [-0.15, -0.1) is 9.13 Å². The maximum atomic E-state index is 9.31. The van der Waals surface area contributed by atoms with Crippen molar-refractivity contribution in [2.24, 2.45) is 0 Å². The largest absolute Gasteiger partial charge is 0.499 e. The van der Waals surface area contributed by atoms with Gasteiger partial charge in [0.05, 0.1) is 5.56 Å². The van der Waals surface area contributed by atoms with E-state index >= 15 is 0 Å². The van der Waals surface area contributed by atoms with Gasteiger partial charge in [0.2, 0.25) is 5.69 Å². The van der Waals surface area contributed by atoms with Crippen molar-refractivity contribution in [3.05, 3.63) is 191 Å². The molecule has 0 bridgehead atoms. The second-order valence-electron chi connectivity index (χ2n) is 24.5. The summed E-state index contributed by atoms with van der Waals surface area (Å²) in [5.74, 6) is 0.442. The van der Waals surface area contributed by atoms with Crippen LogP contribution < -0.4 is 13.9 Å². The summed E-state index contributed by atoms with van der Waals surface area (Å²) in [7, 11) is 0. The van der Waals surface area contributed by atoms with Crippen molar-refractivity contribution in [2.45, 2.75) is 131 Å². The first-order valence-corrected chi connectivity index (χ1v) is 26.1. The summed E-state index contributed by atoms with van der Waals surface area (Å²) < 4.78 is 25.1. The van der Waals surface area contributed by atoms with Crippen molar-refractivity contribution in [3.63, 3.8) is 0 Å². The number of hydrogen-bond acceptors (Lipinski definition) is 1. The summed E-state index contributed by atoms with van der Waals surface area (Å²) >= 11 is 0. The van der Waals surface area contributed by atoms with Gasteiger partial charge in [0.25, 0.3) is 0 Å². The minimum atomic E-state index is -1.10. The Labute approximate surface area is 429 Å². The van der Waals surface area contributed by atoms with E-state index in [1.165, 1.54) is 66.8 Å². The second-order valence-corrected chi connectivity index (χ2v) is 24.5. The van der Waals surface area contributed by atoms with Gasteiger partial charge in [-0.1, -0.05) is 181 Å². The average Bonchev–Trinajstić information content (AvgIpc) is 3.90. The highest BCUT2D eigenvalue weighted by molar-refractivity contribution is 5.98. The fourth-order valence-electron chi connectivity index (χ4n) is 12.1. The molecule has 1 atom stereocenters. The van der Waals surface area contributed by atoms with Crippen LogP contribution in [0.25, 0.3) is 83.9 Å². The van der Waals surface area contributed by atoms with E-state index in [0.717, 1.165) is 61.8 Å². The zero-order chi connectivity index (χ0) is 51.5. The molecule has 9 aromatic rings. The second kappa shape index (κ2) is 15.7. The average molecular weight is 945 g/mol. The maximum absolute atomic E-state index is 9.31. The minimum absolute atomic E-state index is 0.125. The summed E-state index contributed by atoms with van der Waals surface area (Å²) in [5.41, 5.74) is 24.2. The molecular weight excluding hydrogens is 875 g/mol. The van der Waals surface area contributed by atoms with Crippen LogP contribution in [-0.2, 0) is 22.1 Å². The third-order valence-corrected chi connectivity index (χ3v) is 15.9. The van der Waals surface area contributed by atoms with Crippen LogP contribution in [0.2, 0.25) is 0 Å². The molecule has 3 aliphatic heterocycles. The highest BCUT2D eigenvalue weighted by Crippen LogP contribution is 2.56. The number of pyridine rings is 1. The van der Waals surface area contributed by atoms with E-state index in [2.05, 4.69) is 249 Å². The van der Waals surface area contributed by atoms with Gasteiger partial charge in [-0.2, -0.15) is 4.57 Å². The van der Waals surface area contributed by atoms with Crippen LogP contribution in [-0.4, -0.2) is 4.57 Å². The number of imidazole rings is 1. The Hall–Kier alpha value is -7.04. The summed E-state index contributed by atoms with van der Waals surface area (Å²) in [4.78, 5) is 0. The summed E-state index contributed by atoms with van der Waals surface area (Å²) in [6.07, 6.45) is 2.30. The van der Waals surface area contributed by atoms with Gasteiger partial charge in [0.1, 0.15) is 16.8 Å². The van der Waals surface area contributed by atoms with Gasteiger partial charge in [0, 0.05) is 30.2 Å². The molecule has 0 fully saturated rings. The van der Waals surface area contributed by atoms with Gasteiger partial charge in [-0.3, -0.25) is 0 Å². The number of hydrogen-bond donors (Lipinski definition) is 0. The third kappa shape index (κ3) is 6.70. The lowest BCUT2D eigenvalue weighted by Gasteiger charge is -2.36. The number of aromatic nitrogens is 3. The predicted octanol–water partition coefficient (Wildman–Crippen LogP) is 16.9. The highest BCUT2D eigenvalue weighted by Gasteiger charge is 2.69. The molecule has 0 saturated heterocycles. The number of rotatable bonds is 6. The Balaban J connectivity index is 1.19. The molecule has 0 saturated carbocycles. The van der Waals surface area contributed by atoms with Crippen LogP contribution in [0.1, 0.15) is 142 Å². The molecule has 12 rings (SSSR count). The van der Waals surface area contributed by atoms with E-state index in [-0.39, 0.29) is 16.2 Å². The normalized spacial score (nSPS) is 15.8. The number of aryl methyl sites for hydroxylation is 1. The fourth-order valence-corrected chi connectivity index (χ4v) is 12.1. The molecule has 0 radical (unpaired) electrons. The lowest BCUT2D eigenvalue weighted by atomic mass is 9.78. The van der Waals surface area contributed by atoms with Crippen molar-refractivity contribution in [2.75, 3.05) is 0 Å². The standard InChI is InChI=1S/C68H69N3O/c1-40(2)50-22-18-23-51(41(3)4)60(50)47-30-31-57(42(5)34-47)70-58-25-19-24-52-53-36-48(65(6,7)8)37-54-59-35-46(45-28-26-44(27-29-45)43-20-16-15-17-21-43)32-33-69(59)68(61(53)54)71(62(52)58)64(70)55-38-49(66(9,10)11)39-56(63(55)72-68)67(12,13)14/h15-41H,1-14H3/q+2/i40D. The van der Waals surface area contributed by atoms with E-state index in [4.69, 9.17) is 4.74 Å². The minimum Gasteiger partial charge on any atom is -0.392 e. The number of benzene rings is 7. The van der Waals surface area contributed by atoms with Crippen LogP contribution in [0, 0.1) is 6.92 Å². The highest BCUT2D eigenvalue weighted by atomic mass is 16.5. The van der Waals surface area contributed by atoms with Gasteiger partial charge in [-0.25, -0.2) is 0 Å². The van der Waals surface area contributed by atoms with Crippen LogP contribution in [0.15, 0.2) is 152 Å². The van der Waals surface area contributed by atoms with Crippen molar-refractivity contribution in [1.82, 2.24) is 4.57 Å². The molecule has 0 N–H and O–H groups in total. The SMILES string of the molecule is [2H]C(C)(C)c1cccc(C(C)C)c1-c1ccc(-n2c3[n+]4c5c(cccc52)-c2cc(C(C)(C)C)cc5c2C4(Oc2c-3cc(C(C)(C)C)cc2C(C)(C)C)[n+]2ccc(-c3ccc(-c4ccccc4)cc3)cc2-5)c(C)c1. The van der Waals surface area contributed by atoms with E-state index in [1.54, 1.807) is 0 Å². The van der Waals surface area contributed by atoms with E-state index in [9.17, 15) is 1.37 Å². The maximum Gasteiger partial charge on any atom is 0.499 e. The van der Waals surface area contributed by atoms with Crippen LogP contribution >= 0.6 is 0 Å². The van der Waals surface area contributed by atoms with Gasteiger partial charge >= 0.3 is 11.7 Å². The molecule has 360 valence electrons. The summed E-state index contributed by atoms with van der Waals surface area (Å²) in [6.45, 7) is 31.8. The number of para-hydroxylation sites is 1. The van der Waals surface area contributed by atoms with Gasteiger partial charge in [-0.05, 0) is 139 Å². The molecule has 7 aromatic carbocycles.